The summed E-state index contributed by atoms with van der Waals surface area (Å²) < 4.78 is 0. The highest BCUT2D eigenvalue weighted by Gasteiger charge is 2.00. The molecule has 0 amide bonds. The van der Waals surface area contributed by atoms with Crippen molar-refractivity contribution < 1.29 is 4.79 Å². The van der Waals surface area contributed by atoms with Crippen molar-refractivity contribution in [3.05, 3.63) is 53.6 Å². The Morgan fingerprint density at radius 2 is 1.80 bits per heavy atom. The van der Waals surface area contributed by atoms with Crippen LogP contribution in [0.1, 0.15) is 5.56 Å². The van der Waals surface area contributed by atoms with Crippen molar-refractivity contribution >= 4 is 34.2 Å². The van der Waals surface area contributed by atoms with Crippen molar-refractivity contribution in [3.8, 4) is 0 Å². The van der Waals surface area contributed by atoms with Crippen molar-refractivity contribution in [1.29, 1.82) is 0 Å². The van der Waals surface area contributed by atoms with Crippen LogP contribution in [0, 0.1) is 0 Å². The predicted molar refractivity (Wildman–Crippen MR) is 63.8 cm³/mol. The third-order valence-corrected chi connectivity index (χ3v) is 2.56. The molecule has 0 fully saturated rings. The van der Waals surface area contributed by atoms with E-state index in [2.05, 4.69) is 0 Å². The topological polar surface area (TPSA) is 17.1 Å². The molecule has 15 heavy (non-hydrogen) atoms. The average molecular weight is 217 g/mol. The van der Waals surface area contributed by atoms with Gasteiger partial charge in [0.05, 0.1) is 0 Å². The number of fused-ring (bicyclic) bond motifs is 1. The first kappa shape index (κ1) is 9.94. The molecular weight excluding hydrogens is 208 g/mol. The monoisotopic (exact) mass is 216 g/mol. The fourth-order valence-electron chi connectivity index (χ4n) is 1.53. The lowest BCUT2D eigenvalue weighted by Crippen LogP contribution is -1.84. The molecular formula is C13H9ClO. The molecule has 0 aliphatic rings. The molecule has 2 aromatic carbocycles. The quantitative estimate of drug-likeness (QED) is 0.554. The summed E-state index contributed by atoms with van der Waals surface area (Å²) in [4.78, 5) is 10.7. The predicted octanol–water partition coefficient (Wildman–Crippen LogP) is 3.62. The Morgan fingerprint density at radius 1 is 1.07 bits per heavy atom. The van der Waals surface area contributed by atoms with Crippen molar-refractivity contribution in [2.75, 3.05) is 0 Å². The van der Waals surface area contributed by atoms with Gasteiger partial charge in [-0.05, 0) is 22.4 Å². The molecule has 0 atom stereocenters. The second-order valence-corrected chi connectivity index (χ2v) is 3.46. The lowest BCUT2D eigenvalue weighted by molar-refractivity contribution is -0.103. The SMILES string of the molecule is O=C/C(=C\Cl)c1ccc2ccccc2c1. The van der Waals surface area contributed by atoms with Gasteiger partial charge in [0.2, 0.25) is 0 Å². The molecule has 0 spiro atoms. The van der Waals surface area contributed by atoms with Crippen LogP contribution in [0.4, 0.5) is 0 Å². The summed E-state index contributed by atoms with van der Waals surface area (Å²) in [6, 6.07) is 13.8. The minimum Gasteiger partial charge on any atom is -0.298 e. The van der Waals surface area contributed by atoms with Gasteiger partial charge in [-0.2, -0.15) is 0 Å². The van der Waals surface area contributed by atoms with Gasteiger partial charge in [-0.3, -0.25) is 4.79 Å². The van der Waals surface area contributed by atoms with Gasteiger partial charge < -0.3 is 0 Å². The number of carbonyl (C=O) groups excluding carboxylic acids is 1. The van der Waals surface area contributed by atoms with E-state index in [1.54, 1.807) is 0 Å². The number of carbonyl (C=O) groups is 1. The molecule has 2 aromatic rings. The summed E-state index contributed by atoms with van der Waals surface area (Å²) in [7, 11) is 0. The van der Waals surface area contributed by atoms with Crippen LogP contribution in [-0.2, 0) is 4.79 Å². The number of allylic oxidation sites excluding steroid dienone is 1. The van der Waals surface area contributed by atoms with E-state index >= 15 is 0 Å². The molecule has 0 saturated carbocycles. The zero-order valence-corrected chi connectivity index (χ0v) is 8.74. The fraction of sp³-hybridized carbons (Fsp3) is 0. The van der Waals surface area contributed by atoms with E-state index in [0.717, 1.165) is 22.6 Å². The lowest BCUT2D eigenvalue weighted by Gasteiger charge is -2.01. The molecule has 2 heteroatoms. The van der Waals surface area contributed by atoms with Gasteiger partial charge in [-0.25, -0.2) is 0 Å². The van der Waals surface area contributed by atoms with Crippen LogP contribution >= 0.6 is 11.6 Å². The Kier molecular flexibility index (Phi) is 2.84. The Balaban J connectivity index is 2.61. The van der Waals surface area contributed by atoms with E-state index < -0.39 is 0 Å². The van der Waals surface area contributed by atoms with E-state index in [1.807, 2.05) is 42.5 Å². The molecule has 0 bridgehead atoms. The maximum Gasteiger partial charge on any atom is 0.151 e. The summed E-state index contributed by atoms with van der Waals surface area (Å²) in [5.41, 5.74) is 2.65. The highest BCUT2D eigenvalue weighted by atomic mass is 35.5. The molecule has 0 aliphatic heterocycles. The minimum atomic E-state index is 0.502. The summed E-state index contributed by atoms with van der Waals surface area (Å²) in [6.45, 7) is 0. The van der Waals surface area contributed by atoms with Crippen LogP contribution < -0.4 is 0 Å². The summed E-state index contributed by atoms with van der Waals surface area (Å²) in [5.74, 6) is 0. The molecule has 0 N–H and O–H groups in total. The maximum atomic E-state index is 10.7. The normalized spacial score (nSPS) is 11.7. The highest BCUT2D eigenvalue weighted by molar-refractivity contribution is 6.32. The molecule has 0 aliphatic carbocycles. The fourth-order valence-corrected chi connectivity index (χ4v) is 1.70. The smallest absolute Gasteiger partial charge is 0.151 e. The molecule has 2 rings (SSSR count). The van der Waals surface area contributed by atoms with Crippen LogP contribution in [0.25, 0.3) is 16.3 Å². The summed E-state index contributed by atoms with van der Waals surface area (Å²) in [5, 5.41) is 2.26. The van der Waals surface area contributed by atoms with Gasteiger partial charge in [0.15, 0.2) is 6.29 Å². The van der Waals surface area contributed by atoms with E-state index in [-0.39, 0.29) is 0 Å². The van der Waals surface area contributed by atoms with E-state index in [1.165, 1.54) is 5.54 Å². The Morgan fingerprint density at radius 3 is 2.47 bits per heavy atom. The van der Waals surface area contributed by atoms with Crippen LogP contribution in [0.2, 0.25) is 0 Å². The van der Waals surface area contributed by atoms with Crippen molar-refractivity contribution in [2.24, 2.45) is 0 Å². The number of aldehydes is 1. The first-order valence-electron chi connectivity index (χ1n) is 4.60. The molecule has 74 valence electrons. The molecule has 0 saturated heterocycles. The zero-order chi connectivity index (χ0) is 10.7. The minimum absolute atomic E-state index is 0.502. The summed E-state index contributed by atoms with van der Waals surface area (Å²) in [6.07, 6.45) is 0.761. The van der Waals surface area contributed by atoms with Gasteiger partial charge in [0, 0.05) is 11.1 Å². The highest BCUT2D eigenvalue weighted by Crippen LogP contribution is 2.20. The molecule has 0 radical (unpaired) electrons. The Bertz CT molecular complexity index is 529. The van der Waals surface area contributed by atoms with E-state index in [4.69, 9.17) is 11.6 Å². The first-order chi connectivity index (χ1) is 7.35. The number of hydrogen-bond donors (Lipinski definition) is 0. The number of benzene rings is 2. The van der Waals surface area contributed by atoms with Gasteiger partial charge in [-0.15, -0.1) is 0 Å². The van der Waals surface area contributed by atoms with Crippen molar-refractivity contribution in [1.82, 2.24) is 0 Å². The van der Waals surface area contributed by atoms with E-state index in [0.29, 0.717) is 5.57 Å². The van der Waals surface area contributed by atoms with Gasteiger partial charge in [-0.1, -0.05) is 48.0 Å². The first-order valence-corrected chi connectivity index (χ1v) is 5.03. The van der Waals surface area contributed by atoms with Crippen LogP contribution in [0.3, 0.4) is 0 Å². The van der Waals surface area contributed by atoms with Crippen LogP contribution in [0.15, 0.2) is 48.0 Å². The van der Waals surface area contributed by atoms with Crippen molar-refractivity contribution in [2.45, 2.75) is 0 Å². The molecule has 1 nitrogen and oxygen atoms in total. The Hall–Kier alpha value is -1.60. The zero-order valence-electron chi connectivity index (χ0n) is 7.98. The second-order valence-electron chi connectivity index (χ2n) is 3.24. The lowest BCUT2D eigenvalue weighted by atomic mass is 10.0. The van der Waals surface area contributed by atoms with E-state index in [9.17, 15) is 4.79 Å². The van der Waals surface area contributed by atoms with Gasteiger partial charge >= 0.3 is 0 Å². The number of hydrogen-bond acceptors (Lipinski definition) is 1. The summed E-state index contributed by atoms with van der Waals surface area (Å²) >= 11 is 5.56. The average Bonchev–Trinajstić information content (AvgIpc) is 2.30. The second kappa shape index (κ2) is 4.28. The van der Waals surface area contributed by atoms with Crippen molar-refractivity contribution in [3.63, 3.8) is 0 Å². The molecule has 0 heterocycles. The van der Waals surface area contributed by atoms with Gasteiger partial charge in [0.1, 0.15) is 0 Å². The third-order valence-electron chi connectivity index (χ3n) is 2.33. The molecule has 0 unspecified atom stereocenters. The van der Waals surface area contributed by atoms with Crippen LogP contribution in [-0.4, -0.2) is 6.29 Å². The molecule has 0 aromatic heterocycles. The largest absolute Gasteiger partial charge is 0.298 e. The standard InChI is InChI=1S/C13H9ClO/c14-8-13(9-15)12-6-5-10-3-1-2-4-11(10)7-12/h1-9H/b13-8+. The van der Waals surface area contributed by atoms with Gasteiger partial charge in [0.25, 0.3) is 0 Å². The maximum absolute atomic E-state index is 10.7. The van der Waals surface area contributed by atoms with Crippen LogP contribution in [0.5, 0.6) is 0 Å². The third kappa shape index (κ3) is 1.92. The Labute approximate surface area is 93.0 Å². The number of halogens is 1. The number of rotatable bonds is 2.